The van der Waals surface area contributed by atoms with Crippen molar-refractivity contribution in [2.75, 3.05) is 0 Å². The first-order valence-electron chi connectivity index (χ1n) is 7.41. The molecule has 0 atom stereocenters. The first-order chi connectivity index (χ1) is 10.1. The highest BCUT2D eigenvalue weighted by molar-refractivity contribution is 5.95. The Bertz CT molecular complexity index is 514. The van der Waals surface area contributed by atoms with Crippen LogP contribution in [0, 0.1) is 0 Å². The van der Waals surface area contributed by atoms with E-state index in [4.69, 9.17) is 0 Å². The van der Waals surface area contributed by atoms with E-state index in [-0.39, 0.29) is 5.91 Å². The van der Waals surface area contributed by atoms with Crippen LogP contribution in [0.25, 0.3) is 6.08 Å². The molecule has 0 spiro atoms. The van der Waals surface area contributed by atoms with Gasteiger partial charge in [0, 0.05) is 6.08 Å². The Kier molecular flexibility index (Phi) is 5.14. The topological polar surface area (TPSA) is 66.4 Å². The highest BCUT2D eigenvalue weighted by Gasteiger charge is 2.39. The molecule has 1 aromatic rings. The van der Waals surface area contributed by atoms with Gasteiger partial charge >= 0.3 is 5.97 Å². The molecule has 0 aromatic heterocycles. The number of nitrogens with one attached hydrogen (secondary N) is 1. The number of amides is 1. The van der Waals surface area contributed by atoms with Gasteiger partial charge in [-0.25, -0.2) is 4.79 Å². The van der Waals surface area contributed by atoms with Crippen molar-refractivity contribution in [3.63, 3.8) is 0 Å². The number of carboxylic acids is 1. The van der Waals surface area contributed by atoms with Crippen molar-refractivity contribution in [3.8, 4) is 0 Å². The fraction of sp³-hybridized carbons (Fsp3) is 0.412. The minimum absolute atomic E-state index is 0.344. The normalized spacial score (nSPS) is 18.1. The Hall–Kier alpha value is -2.10. The van der Waals surface area contributed by atoms with Gasteiger partial charge in [0.2, 0.25) is 5.91 Å². The molecule has 1 aliphatic carbocycles. The molecule has 1 fully saturated rings. The average molecular weight is 287 g/mol. The lowest BCUT2D eigenvalue weighted by Crippen LogP contribution is -2.53. The lowest BCUT2D eigenvalue weighted by molar-refractivity contribution is -0.147. The first-order valence-corrected chi connectivity index (χ1v) is 7.41. The molecule has 0 unspecified atom stereocenters. The number of hydrogen-bond acceptors (Lipinski definition) is 2. The maximum absolute atomic E-state index is 12.0. The van der Waals surface area contributed by atoms with E-state index in [0.29, 0.717) is 12.8 Å². The fourth-order valence-electron chi connectivity index (χ4n) is 2.74. The number of carbonyl (C=O) groups excluding carboxylic acids is 1. The molecule has 1 aliphatic rings. The average Bonchev–Trinajstić information content (AvgIpc) is 2.73. The summed E-state index contributed by atoms with van der Waals surface area (Å²) in [6.07, 6.45) is 7.87. The van der Waals surface area contributed by atoms with Gasteiger partial charge in [0.25, 0.3) is 0 Å². The summed E-state index contributed by atoms with van der Waals surface area (Å²) in [5.41, 5.74) is -0.188. The van der Waals surface area contributed by atoms with E-state index in [1.807, 2.05) is 30.3 Å². The molecule has 0 aliphatic heterocycles. The molecule has 2 rings (SSSR count). The smallest absolute Gasteiger partial charge is 0.329 e. The van der Waals surface area contributed by atoms with E-state index in [1.165, 1.54) is 6.08 Å². The number of carboxylic acid groups (broad SMARTS) is 1. The molecule has 1 aromatic carbocycles. The van der Waals surface area contributed by atoms with Crippen molar-refractivity contribution in [1.29, 1.82) is 0 Å². The molecule has 0 saturated heterocycles. The van der Waals surface area contributed by atoms with Crippen molar-refractivity contribution < 1.29 is 14.7 Å². The SMILES string of the molecule is O=C(/C=C/c1ccccc1)NC1(C(=O)O)CCCCCC1. The molecule has 0 bridgehead atoms. The predicted molar refractivity (Wildman–Crippen MR) is 81.7 cm³/mol. The number of rotatable bonds is 4. The Balaban J connectivity index is 2.04. The van der Waals surface area contributed by atoms with Crippen molar-refractivity contribution in [2.45, 2.75) is 44.1 Å². The summed E-state index contributed by atoms with van der Waals surface area (Å²) in [7, 11) is 0. The molecular formula is C17H21NO3. The number of benzene rings is 1. The predicted octanol–water partition coefficient (Wildman–Crippen LogP) is 2.99. The molecule has 0 radical (unpaired) electrons. The maximum Gasteiger partial charge on any atom is 0.329 e. The van der Waals surface area contributed by atoms with Gasteiger partial charge in [-0.05, 0) is 24.5 Å². The lowest BCUT2D eigenvalue weighted by atomic mass is 9.90. The van der Waals surface area contributed by atoms with Gasteiger partial charge in [0.15, 0.2) is 0 Å². The van der Waals surface area contributed by atoms with E-state index >= 15 is 0 Å². The zero-order valence-corrected chi connectivity index (χ0v) is 12.0. The van der Waals surface area contributed by atoms with Crippen LogP contribution in [0.3, 0.4) is 0 Å². The third-order valence-electron chi connectivity index (χ3n) is 3.96. The van der Waals surface area contributed by atoms with E-state index in [9.17, 15) is 14.7 Å². The second kappa shape index (κ2) is 7.07. The standard InChI is InChI=1S/C17H21NO3/c19-15(11-10-14-8-4-3-5-9-14)18-17(16(20)21)12-6-1-2-7-13-17/h3-5,8-11H,1-2,6-7,12-13H2,(H,18,19)(H,20,21)/b11-10+. The van der Waals surface area contributed by atoms with Crippen LogP contribution in [0.2, 0.25) is 0 Å². The largest absolute Gasteiger partial charge is 0.480 e. The Morgan fingerprint density at radius 2 is 1.67 bits per heavy atom. The van der Waals surface area contributed by atoms with Crippen LogP contribution in [-0.4, -0.2) is 22.5 Å². The van der Waals surface area contributed by atoms with Crippen molar-refractivity contribution >= 4 is 18.0 Å². The van der Waals surface area contributed by atoms with Crippen LogP contribution < -0.4 is 5.32 Å². The van der Waals surface area contributed by atoms with E-state index in [2.05, 4.69) is 5.32 Å². The van der Waals surface area contributed by atoms with Gasteiger partial charge in [-0.1, -0.05) is 56.0 Å². The van der Waals surface area contributed by atoms with Crippen LogP contribution in [0.1, 0.15) is 44.1 Å². The summed E-state index contributed by atoms with van der Waals surface area (Å²) in [6, 6.07) is 9.47. The molecule has 112 valence electrons. The van der Waals surface area contributed by atoms with Crippen molar-refractivity contribution in [3.05, 3.63) is 42.0 Å². The number of carbonyl (C=O) groups is 2. The third kappa shape index (κ3) is 4.18. The highest BCUT2D eigenvalue weighted by atomic mass is 16.4. The van der Waals surface area contributed by atoms with Crippen LogP contribution in [0.15, 0.2) is 36.4 Å². The van der Waals surface area contributed by atoms with Gasteiger partial charge in [0.05, 0.1) is 0 Å². The second-order valence-corrected chi connectivity index (χ2v) is 5.53. The molecule has 4 heteroatoms. The minimum Gasteiger partial charge on any atom is -0.480 e. The lowest BCUT2D eigenvalue weighted by Gasteiger charge is -2.28. The molecule has 4 nitrogen and oxygen atoms in total. The first kappa shape index (κ1) is 15.3. The number of hydrogen-bond donors (Lipinski definition) is 2. The zero-order chi connectivity index (χ0) is 15.1. The van der Waals surface area contributed by atoms with Crippen LogP contribution >= 0.6 is 0 Å². The Labute approximate surface area is 124 Å². The van der Waals surface area contributed by atoms with Gasteiger partial charge in [0.1, 0.15) is 5.54 Å². The van der Waals surface area contributed by atoms with Crippen LogP contribution in [0.5, 0.6) is 0 Å². The van der Waals surface area contributed by atoms with Gasteiger partial charge in [-0.2, -0.15) is 0 Å². The summed E-state index contributed by atoms with van der Waals surface area (Å²) in [4.78, 5) is 23.6. The van der Waals surface area contributed by atoms with Crippen LogP contribution in [0.4, 0.5) is 0 Å². The van der Waals surface area contributed by atoms with Crippen molar-refractivity contribution in [1.82, 2.24) is 5.32 Å². The number of aliphatic carboxylic acids is 1. The summed E-state index contributed by atoms with van der Waals surface area (Å²) in [6.45, 7) is 0. The zero-order valence-electron chi connectivity index (χ0n) is 12.0. The minimum atomic E-state index is -1.10. The summed E-state index contributed by atoms with van der Waals surface area (Å²) in [5, 5.41) is 12.2. The highest BCUT2D eigenvalue weighted by Crippen LogP contribution is 2.27. The van der Waals surface area contributed by atoms with Crippen molar-refractivity contribution in [2.24, 2.45) is 0 Å². The molecule has 2 N–H and O–H groups in total. The Morgan fingerprint density at radius 1 is 1.05 bits per heavy atom. The summed E-state index contributed by atoms with van der Waals surface area (Å²) in [5.74, 6) is -1.27. The van der Waals surface area contributed by atoms with Gasteiger partial charge < -0.3 is 10.4 Å². The quantitative estimate of drug-likeness (QED) is 0.661. The monoisotopic (exact) mass is 287 g/mol. The van der Waals surface area contributed by atoms with E-state index < -0.39 is 11.5 Å². The van der Waals surface area contributed by atoms with E-state index in [0.717, 1.165) is 31.2 Å². The fourth-order valence-corrected chi connectivity index (χ4v) is 2.74. The molecule has 21 heavy (non-hydrogen) atoms. The Morgan fingerprint density at radius 3 is 2.24 bits per heavy atom. The molecular weight excluding hydrogens is 266 g/mol. The third-order valence-corrected chi connectivity index (χ3v) is 3.96. The van der Waals surface area contributed by atoms with Gasteiger partial charge in [-0.3, -0.25) is 4.79 Å². The molecule has 1 saturated carbocycles. The van der Waals surface area contributed by atoms with E-state index in [1.54, 1.807) is 6.08 Å². The van der Waals surface area contributed by atoms with Crippen LogP contribution in [-0.2, 0) is 9.59 Å². The maximum atomic E-state index is 12.0. The summed E-state index contributed by atoms with van der Waals surface area (Å²) >= 11 is 0. The molecule has 1 amide bonds. The summed E-state index contributed by atoms with van der Waals surface area (Å²) < 4.78 is 0. The molecule has 0 heterocycles. The second-order valence-electron chi connectivity index (χ2n) is 5.53. The van der Waals surface area contributed by atoms with Gasteiger partial charge in [-0.15, -0.1) is 0 Å².